The predicted octanol–water partition coefficient (Wildman–Crippen LogP) is 1.04. The molecule has 1 heterocycles. The van der Waals surface area contributed by atoms with Gasteiger partial charge in [-0.2, -0.15) is 0 Å². The molecule has 0 saturated heterocycles. The van der Waals surface area contributed by atoms with E-state index in [9.17, 15) is 26.4 Å². The van der Waals surface area contributed by atoms with Crippen LogP contribution in [-0.2, 0) is 37.6 Å². The van der Waals surface area contributed by atoms with Gasteiger partial charge < -0.3 is 14.9 Å². The number of aliphatic hydroxyl groups excluding tert-OH is 1. The van der Waals surface area contributed by atoms with Crippen molar-refractivity contribution in [3.63, 3.8) is 0 Å². The summed E-state index contributed by atoms with van der Waals surface area (Å²) in [6.45, 7) is -0.204. The van der Waals surface area contributed by atoms with Crippen LogP contribution in [0.4, 0.5) is 0 Å². The number of aromatic carboxylic acids is 1. The van der Waals surface area contributed by atoms with Gasteiger partial charge >= 0.3 is 11.9 Å². The first kappa shape index (κ1) is 22.5. The summed E-state index contributed by atoms with van der Waals surface area (Å²) in [4.78, 5) is 22.0. The smallest absolute Gasteiger partial charge is 0.338 e. The van der Waals surface area contributed by atoms with Crippen LogP contribution < -0.4 is 0 Å². The van der Waals surface area contributed by atoms with Crippen molar-refractivity contribution < 1.29 is 41.4 Å². The minimum Gasteiger partial charge on any atom is -0.478 e. The molecule has 29 heavy (non-hydrogen) atoms. The molecule has 2 aromatic rings. The monoisotopic (exact) mass is 442 g/mol. The summed E-state index contributed by atoms with van der Waals surface area (Å²) in [5, 5.41) is 17.6. The Bertz CT molecular complexity index is 1180. The highest BCUT2D eigenvalue weighted by molar-refractivity contribution is 7.91. The quantitative estimate of drug-likeness (QED) is 0.661. The molecule has 0 amide bonds. The second-order valence-electron chi connectivity index (χ2n) is 6.22. The molecule has 156 valence electrons. The topological polar surface area (TPSA) is 152 Å². The van der Waals surface area contributed by atoms with E-state index in [-0.39, 0.29) is 27.5 Å². The lowest BCUT2D eigenvalue weighted by atomic mass is 10.1. The molecule has 1 aliphatic rings. The van der Waals surface area contributed by atoms with Crippen LogP contribution in [0.15, 0.2) is 46.2 Å². The van der Waals surface area contributed by atoms with Crippen LogP contribution >= 0.6 is 0 Å². The average Bonchev–Trinajstić information content (AvgIpc) is 3.00. The van der Waals surface area contributed by atoms with Crippen molar-refractivity contribution in [1.82, 2.24) is 0 Å². The normalized spacial score (nSPS) is 13.1. The third kappa shape index (κ3) is 5.40. The maximum atomic E-state index is 11.2. The number of ether oxygens (including phenoxy) is 1. The largest absolute Gasteiger partial charge is 0.478 e. The molecule has 1 aliphatic heterocycles. The summed E-state index contributed by atoms with van der Waals surface area (Å²) in [6.07, 6.45) is 2.10. The van der Waals surface area contributed by atoms with Gasteiger partial charge in [-0.3, -0.25) is 0 Å². The Labute approximate surface area is 167 Å². The van der Waals surface area contributed by atoms with Crippen molar-refractivity contribution in [3.8, 4) is 0 Å². The zero-order chi connectivity index (χ0) is 22.0. The Morgan fingerprint density at radius 1 is 1.00 bits per heavy atom. The van der Waals surface area contributed by atoms with E-state index >= 15 is 0 Å². The number of carboxylic acid groups (broad SMARTS) is 1. The number of rotatable bonds is 4. The molecule has 11 heteroatoms. The molecular formula is C18H18O9S2. The van der Waals surface area contributed by atoms with Crippen molar-refractivity contribution in [1.29, 1.82) is 0 Å². The van der Waals surface area contributed by atoms with Gasteiger partial charge in [-0.1, -0.05) is 12.1 Å². The van der Waals surface area contributed by atoms with Crippen LogP contribution in [0.3, 0.4) is 0 Å². The van der Waals surface area contributed by atoms with Gasteiger partial charge in [0.2, 0.25) is 0 Å². The lowest BCUT2D eigenvalue weighted by Crippen LogP contribution is -2.06. The van der Waals surface area contributed by atoms with Crippen LogP contribution in [0.1, 0.15) is 31.8 Å². The second kappa shape index (κ2) is 8.31. The van der Waals surface area contributed by atoms with E-state index in [4.69, 9.17) is 14.9 Å². The van der Waals surface area contributed by atoms with Crippen molar-refractivity contribution in [2.24, 2.45) is 0 Å². The van der Waals surface area contributed by atoms with Crippen molar-refractivity contribution >= 4 is 31.6 Å². The highest BCUT2D eigenvalue weighted by Crippen LogP contribution is 2.23. The highest BCUT2D eigenvalue weighted by atomic mass is 32.2. The molecule has 0 bridgehead atoms. The first-order valence-electron chi connectivity index (χ1n) is 8.02. The van der Waals surface area contributed by atoms with Gasteiger partial charge in [0.25, 0.3) is 0 Å². The highest BCUT2D eigenvalue weighted by Gasteiger charge is 2.22. The van der Waals surface area contributed by atoms with E-state index in [1.165, 1.54) is 24.3 Å². The predicted molar refractivity (Wildman–Crippen MR) is 101 cm³/mol. The van der Waals surface area contributed by atoms with Gasteiger partial charge in [0.1, 0.15) is 6.61 Å². The summed E-state index contributed by atoms with van der Waals surface area (Å²) in [7, 11) is -6.68. The number of cyclic esters (lactones) is 1. The van der Waals surface area contributed by atoms with E-state index in [0.717, 1.165) is 24.1 Å². The lowest BCUT2D eigenvalue weighted by molar-refractivity contribution is 0.0534. The molecule has 0 atom stereocenters. The Morgan fingerprint density at radius 3 is 2.07 bits per heavy atom. The Hall–Kier alpha value is -2.76. The fourth-order valence-electron chi connectivity index (χ4n) is 2.45. The number of carboxylic acids is 1. The molecule has 0 unspecified atom stereocenters. The first-order chi connectivity index (χ1) is 13.3. The maximum Gasteiger partial charge on any atom is 0.338 e. The Kier molecular flexibility index (Phi) is 6.46. The van der Waals surface area contributed by atoms with Crippen molar-refractivity contribution in [3.05, 3.63) is 58.7 Å². The van der Waals surface area contributed by atoms with Gasteiger partial charge in [-0.15, -0.1) is 0 Å². The molecule has 0 saturated carbocycles. The third-order valence-electron chi connectivity index (χ3n) is 4.00. The lowest BCUT2D eigenvalue weighted by Gasteiger charge is -2.05. The molecule has 9 nitrogen and oxygen atoms in total. The van der Waals surface area contributed by atoms with Gasteiger partial charge in [0.15, 0.2) is 19.7 Å². The van der Waals surface area contributed by atoms with E-state index in [1.54, 1.807) is 6.07 Å². The summed E-state index contributed by atoms with van der Waals surface area (Å²) >= 11 is 0. The van der Waals surface area contributed by atoms with E-state index in [1.807, 2.05) is 0 Å². The summed E-state index contributed by atoms with van der Waals surface area (Å²) in [5.74, 6) is -1.71. The SMILES string of the molecule is CS(=O)(=O)c1ccc(CO)c(C(=O)O)c1.CS(=O)(=O)c1ccc2c(c1)C(=O)OC2. The number of aliphatic hydroxyl groups is 1. The van der Waals surface area contributed by atoms with Crippen LogP contribution in [0.2, 0.25) is 0 Å². The van der Waals surface area contributed by atoms with Crippen LogP contribution in [-0.4, -0.2) is 51.5 Å². The summed E-state index contributed by atoms with van der Waals surface area (Å²) < 4.78 is 49.4. The van der Waals surface area contributed by atoms with E-state index in [0.29, 0.717) is 5.56 Å². The number of benzene rings is 2. The summed E-state index contributed by atoms with van der Waals surface area (Å²) in [6, 6.07) is 8.06. The zero-order valence-corrected chi connectivity index (χ0v) is 17.1. The average molecular weight is 442 g/mol. The molecule has 0 aromatic heterocycles. The van der Waals surface area contributed by atoms with E-state index in [2.05, 4.69) is 0 Å². The van der Waals surface area contributed by atoms with Gasteiger partial charge in [-0.05, 0) is 29.8 Å². The Balaban J connectivity index is 0.000000207. The molecule has 0 spiro atoms. The standard InChI is InChI=1S/C9H10O5S.C9H8O4S/c1-15(13,14)7-3-2-6(5-10)8(4-7)9(11)12;1-14(11,12)7-3-2-6-5-13-9(10)8(6)4-7/h2-4,10H,5H2,1H3,(H,11,12);2-4H,5H2,1H3. The molecule has 0 fully saturated rings. The van der Waals surface area contributed by atoms with Crippen molar-refractivity contribution in [2.45, 2.75) is 23.0 Å². The molecule has 0 radical (unpaired) electrons. The summed E-state index contributed by atoms with van der Waals surface area (Å²) in [5.41, 5.74) is 1.09. The number of sulfone groups is 2. The van der Waals surface area contributed by atoms with Crippen molar-refractivity contribution in [2.75, 3.05) is 12.5 Å². The fraction of sp³-hybridized carbons (Fsp3) is 0.222. The number of carbonyl (C=O) groups excluding carboxylic acids is 1. The molecule has 2 N–H and O–H groups in total. The molecule has 2 aromatic carbocycles. The minimum atomic E-state index is -3.43. The third-order valence-corrected chi connectivity index (χ3v) is 6.22. The van der Waals surface area contributed by atoms with E-state index < -0.39 is 38.2 Å². The molecule has 3 rings (SSSR count). The minimum absolute atomic E-state index is 0.0721. The second-order valence-corrected chi connectivity index (χ2v) is 10.3. The van der Waals surface area contributed by atoms with Crippen LogP contribution in [0, 0.1) is 0 Å². The number of carbonyl (C=O) groups is 2. The van der Waals surface area contributed by atoms with Crippen LogP contribution in [0.5, 0.6) is 0 Å². The fourth-order valence-corrected chi connectivity index (χ4v) is 3.74. The maximum absolute atomic E-state index is 11.2. The Morgan fingerprint density at radius 2 is 1.55 bits per heavy atom. The number of esters is 1. The number of hydrogen-bond acceptors (Lipinski definition) is 8. The zero-order valence-electron chi connectivity index (χ0n) is 15.4. The number of fused-ring (bicyclic) bond motifs is 1. The number of hydrogen-bond donors (Lipinski definition) is 2. The van der Waals surface area contributed by atoms with Gasteiger partial charge in [0, 0.05) is 18.1 Å². The van der Waals surface area contributed by atoms with Gasteiger partial charge in [0.05, 0.1) is 27.5 Å². The molecule has 0 aliphatic carbocycles. The molecular weight excluding hydrogens is 424 g/mol. The van der Waals surface area contributed by atoms with Crippen LogP contribution in [0.25, 0.3) is 0 Å². The van der Waals surface area contributed by atoms with Gasteiger partial charge in [-0.25, -0.2) is 26.4 Å². The first-order valence-corrected chi connectivity index (χ1v) is 11.8.